The molecule has 2 aromatic rings. The molecule has 0 saturated heterocycles. The standard InChI is InChI=1S/C14H15IN2O/c1-2-16-14-8-4-6-12(17-14)10-18-13-7-3-5-11(15)9-13/h3-9H,2,10H2,1H3,(H,16,17). The highest BCUT2D eigenvalue weighted by Gasteiger charge is 1.99. The molecule has 4 heteroatoms. The second-order valence-corrected chi connectivity index (χ2v) is 5.04. The van der Waals surface area contributed by atoms with Gasteiger partial charge in [0.2, 0.25) is 0 Å². The van der Waals surface area contributed by atoms with E-state index in [2.05, 4.69) is 39.8 Å². The lowest BCUT2D eigenvalue weighted by molar-refractivity contribution is 0.301. The van der Waals surface area contributed by atoms with Crippen LogP contribution in [0.1, 0.15) is 12.6 Å². The summed E-state index contributed by atoms with van der Waals surface area (Å²) < 4.78 is 6.88. The van der Waals surface area contributed by atoms with Crippen LogP contribution in [0.4, 0.5) is 5.82 Å². The Kier molecular flexibility index (Phi) is 4.81. The Morgan fingerprint density at radius 3 is 2.83 bits per heavy atom. The Bertz CT molecular complexity index is 517. The fraction of sp³-hybridized carbons (Fsp3) is 0.214. The minimum atomic E-state index is 0.485. The van der Waals surface area contributed by atoms with Crippen LogP contribution in [0.15, 0.2) is 42.5 Å². The van der Waals surface area contributed by atoms with Crippen LogP contribution >= 0.6 is 22.6 Å². The molecule has 0 amide bonds. The first kappa shape index (κ1) is 13.1. The van der Waals surface area contributed by atoms with Gasteiger partial charge in [-0.3, -0.25) is 0 Å². The van der Waals surface area contributed by atoms with E-state index < -0.39 is 0 Å². The molecule has 0 spiro atoms. The van der Waals surface area contributed by atoms with Gasteiger partial charge in [0.25, 0.3) is 0 Å². The van der Waals surface area contributed by atoms with Crippen LogP contribution < -0.4 is 10.1 Å². The Morgan fingerprint density at radius 2 is 2.06 bits per heavy atom. The SMILES string of the molecule is CCNc1cccc(COc2cccc(I)c2)n1. The third kappa shape index (κ3) is 3.87. The third-order valence-electron chi connectivity index (χ3n) is 2.35. The van der Waals surface area contributed by atoms with Crippen molar-refractivity contribution in [3.8, 4) is 5.75 Å². The number of anilines is 1. The lowest BCUT2D eigenvalue weighted by Gasteiger charge is -2.08. The van der Waals surface area contributed by atoms with Gasteiger partial charge in [-0.2, -0.15) is 0 Å². The molecule has 0 radical (unpaired) electrons. The number of nitrogens with zero attached hydrogens (tertiary/aromatic N) is 1. The molecule has 0 aliphatic carbocycles. The number of pyridine rings is 1. The highest BCUT2D eigenvalue weighted by molar-refractivity contribution is 14.1. The Balaban J connectivity index is 1.99. The van der Waals surface area contributed by atoms with Crippen molar-refractivity contribution in [2.45, 2.75) is 13.5 Å². The predicted molar refractivity (Wildman–Crippen MR) is 81.9 cm³/mol. The molecular weight excluding hydrogens is 339 g/mol. The first-order valence-corrected chi connectivity index (χ1v) is 6.94. The van der Waals surface area contributed by atoms with E-state index >= 15 is 0 Å². The first-order chi connectivity index (χ1) is 8.78. The molecule has 1 aromatic carbocycles. The molecule has 94 valence electrons. The van der Waals surface area contributed by atoms with Crippen LogP contribution in [0, 0.1) is 3.57 Å². The van der Waals surface area contributed by atoms with Crippen LogP contribution in [0.5, 0.6) is 5.75 Å². The van der Waals surface area contributed by atoms with E-state index in [0.717, 1.165) is 23.8 Å². The summed E-state index contributed by atoms with van der Waals surface area (Å²) in [6.45, 7) is 3.41. The molecule has 1 heterocycles. The van der Waals surface area contributed by atoms with Crippen molar-refractivity contribution in [3.05, 3.63) is 51.7 Å². The monoisotopic (exact) mass is 354 g/mol. The van der Waals surface area contributed by atoms with Crippen molar-refractivity contribution in [2.24, 2.45) is 0 Å². The zero-order chi connectivity index (χ0) is 12.8. The van der Waals surface area contributed by atoms with Crippen LogP contribution in [0.25, 0.3) is 0 Å². The Hall–Kier alpha value is -1.30. The number of hydrogen-bond acceptors (Lipinski definition) is 3. The number of benzene rings is 1. The molecule has 1 N–H and O–H groups in total. The molecule has 1 aromatic heterocycles. The van der Waals surface area contributed by atoms with E-state index in [0.29, 0.717) is 6.61 Å². The molecule has 3 nitrogen and oxygen atoms in total. The predicted octanol–water partition coefficient (Wildman–Crippen LogP) is 3.70. The average molecular weight is 354 g/mol. The number of hydrogen-bond donors (Lipinski definition) is 1. The van der Waals surface area contributed by atoms with E-state index in [1.807, 2.05) is 42.5 Å². The second-order valence-electron chi connectivity index (χ2n) is 3.79. The maximum Gasteiger partial charge on any atom is 0.130 e. The lowest BCUT2D eigenvalue weighted by Crippen LogP contribution is -2.03. The molecule has 0 atom stereocenters. The van der Waals surface area contributed by atoms with Gasteiger partial charge in [-0.15, -0.1) is 0 Å². The number of rotatable bonds is 5. The zero-order valence-corrected chi connectivity index (χ0v) is 12.3. The Labute approximate surface area is 121 Å². The summed E-state index contributed by atoms with van der Waals surface area (Å²) >= 11 is 2.27. The molecule has 0 aliphatic rings. The maximum absolute atomic E-state index is 5.71. The minimum Gasteiger partial charge on any atom is -0.487 e. The first-order valence-electron chi connectivity index (χ1n) is 5.86. The van der Waals surface area contributed by atoms with E-state index in [-0.39, 0.29) is 0 Å². The highest BCUT2D eigenvalue weighted by Crippen LogP contribution is 2.16. The topological polar surface area (TPSA) is 34.1 Å². The van der Waals surface area contributed by atoms with Crippen LogP contribution in [0.3, 0.4) is 0 Å². The molecule has 0 saturated carbocycles. The van der Waals surface area contributed by atoms with Gasteiger partial charge in [-0.1, -0.05) is 12.1 Å². The van der Waals surface area contributed by atoms with Gasteiger partial charge >= 0.3 is 0 Å². The molecule has 0 unspecified atom stereocenters. The van der Waals surface area contributed by atoms with Crippen molar-refractivity contribution >= 4 is 28.4 Å². The van der Waals surface area contributed by atoms with Gasteiger partial charge in [0.15, 0.2) is 0 Å². The summed E-state index contributed by atoms with van der Waals surface area (Å²) in [6, 6.07) is 13.9. The van der Waals surface area contributed by atoms with Crippen LogP contribution in [-0.2, 0) is 6.61 Å². The molecule has 0 fully saturated rings. The second kappa shape index (κ2) is 6.58. The maximum atomic E-state index is 5.71. The fourth-order valence-corrected chi connectivity index (χ4v) is 2.07. The molecule has 0 bridgehead atoms. The highest BCUT2D eigenvalue weighted by atomic mass is 127. The van der Waals surface area contributed by atoms with Crippen LogP contribution in [0.2, 0.25) is 0 Å². The van der Waals surface area contributed by atoms with E-state index in [4.69, 9.17) is 4.74 Å². The number of nitrogens with one attached hydrogen (secondary N) is 1. The van der Waals surface area contributed by atoms with Gasteiger partial charge in [-0.25, -0.2) is 4.98 Å². The normalized spacial score (nSPS) is 10.1. The largest absolute Gasteiger partial charge is 0.487 e. The average Bonchev–Trinajstić information content (AvgIpc) is 2.37. The summed E-state index contributed by atoms with van der Waals surface area (Å²) in [5.74, 6) is 1.76. The Morgan fingerprint density at radius 1 is 1.22 bits per heavy atom. The van der Waals surface area contributed by atoms with Crippen molar-refractivity contribution < 1.29 is 4.74 Å². The molecule has 2 rings (SSSR count). The van der Waals surface area contributed by atoms with E-state index in [9.17, 15) is 0 Å². The van der Waals surface area contributed by atoms with E-state index in [1.54, 1.807) is 0 Å². The number of aromatic nitrogens is 1. The summed E-state index contributed by atoms with van der Waals surface area (Å²) in [5, 5.41) is 3.19. The molecule has 18 heavy (non-hydrogen) atoms. The summed E-state index contributed by atoms with van der Waals surface area (Å²) in [4.78, 5) is 4.46. The third-order valence-corrected chi connectivity index (χ3v) is 3.02. The summed E-state index contributed by atoms with van der Waals surface area (Å²) in [5.41, 5.74) is 0.923. The van der Waals surface area contributed by atoms with Crippen molar-refractivity contribution in [1.29, 1.82) is 0 Å². The van der Waals surface area contributed by atoms with Gasteiger partial charge in [-0.05, 0) is 59.8 Å². The van der Waals surface area contributed by atoms with Gasteiger partial charge < -0.3 is 10.1 Å². The quantitative estimate of drug-likeness (QED) is 0.832. The molecule has 0 aliphatic heterocycles. The van der Waals surface area contributed by atoms with Gasteiger partial charge in [0, 0.05) is 10.1 Å². The van der Waals surface area contributed by atoms with Crippen molar-refractivity contribution in [2.75, 3.05) is 11.9 Å². The van der Waals surface area contributed by atoms with Gasteiger partial charge in [0.1, 0.15) is 18.2 Å². The minimum absolute atomic E-state index is 0.485. The fourth-order valence-electron chi connectivity index (χ4n) is 1.55. The van der Waals surface area contributed by atoms with Crippen LogP contribution in [-0.4, -0.2) is 11.5 Å². The summed E-state index contributed by atoms with van der Waals surface area (Å²) in [7, 11) is 0. The van der Waals surface area contributed by atoms with Crippen molar-refractivity contribution in [3.63, 3.8) is 0 Å². The molecular formula is C14H15IN2O. The summed E-state index contributed by atoms with van der Waals surface area (Å²) in [6.07, 6.45) is 0. The van der Waals surface area contributed by atoms with E-state index in [1.165, 1.54) is 3.57 Å². The lowest BCUT2D eigenvalue weighted by atomic mass is 10.3. The number of halogens is 1. The number of ether oxygens (including phenoxy) is 1. The van der Waals surface area contributed by atoms with Gasteiger partial charge in [0.05, 0.1) is 5.69 Å². The zero-order valence-electron chi connectivity index (χ0n) is 10.2. The smallest absolute Gasteiger partial charge is 0.130 e. The van der Waals surface area contributed by atoms with Crippen molar-refractivity contribution in [1.82, 2.24) is 4.98 Å².